The van der Waals surface area contributed by atoms with Crippen LogP contribution in [0.25, 0.3) is 0 Å². The minimum absolute atomic E-state index is 0.0717. The average Bonchev–Trinajstić information content (AvgIpc) is 2.97. The van der Waals surface area contributed by atoms with Crippen molar-refractivity contribution in [2.75, 3.05) is 18.8 Å². The third-order valence-electron chi connectivity index (χ3n) is 3.42. The maximum atomic E-state index is 8.91. The van der Waals surface area contributed by atoms with E-state index in [1.165, 1.54) is 18.6 Å². The zero-order valence-electron chi connectivity index (χ0n) is 11.0. The Morgan fingerprint density at radius 2 is 2.26 bits per heavy atom. The number of nitrogens with one attached hydrogen (secondary N) is 1. The van der Waals surface area contributed by atoms with Crippen LogP contribution in [0.5, 0.6) is 0 Å². The van der Waals surface area contributed by atoms with Crippen LogP contribution < -0.4 is 11.1 Å². The standard InChI is InChI=1S/C14H21N3OS/c15-14(17-18)13(11-5-2-1-3-6-11)10-16-9-12-7-4-8-19-12/h1-3,5-6,12-13,16,18H,4,7-10H2,(H2,15,17). The van der Waals surface area contributed by atoms with Gasteiger partial charge in [0.25, 0.3) is 0 Å². The maximum Gasteiger partial charge on any atom is 0.147 e. The third-order valence-corrected chi connectivity index (χ3v) is 4.82. The van der Waals surface area contributed by atoms with Crippen molar-refractivity contribution in [3.05, 3.63) is 35.9 Å². The normalized spacial score (nSPS) is 21.5. The van der Waals surface area contributed by atoms with E-state index in [1.807, 2.05) is 42.1 Å². The van der Waals surface area contributed by atoms with Crippen molar-refractivity contribution < 1.29 is 5.21 Å². The molecule has 0 aliphatic carbocycles. The summed E-state index contributed by atoms with van der Waals surface area (Å²) < 4.78 is 0. The summed E-state index contributed by atoms with van der Waals surface area (Å²) >= 11 is 2.03. The van der Waals surface area contributed by atoms with Gasteiger partial charge >= 0.3 is 0 Å². The Morgan fingerprint density at radius 1 is 1.47 bits per heavy atom. The highest BCUT2D eigenvalue weighted by Gasteiger charge is 2.19. The van der Waals surface area contributed by atoms with Gasteiger partial charge in [-0.1, -0.05) is 35.5 Å². The quantitative estimate of drug-likeness (QED) is 0.322. The van der Waals surface area contributed by atoms with Crippen LogP contribution >= 0.6 is 11.8 Å². The summed E-state index contributed by atoms with van der Waals surface area (Å²) in [6, 6.07) is 9.93. The summed E-state index contributed by atoms with van der Waals surface area (Å²) in [5.41, 5.74) is 6.87. The van der Waals surface area contributed by atoms with Gasteiger partial charge in [0.05, 0.1) is 5.92 Å². The Morgan fingerprint density at radius 3 is 2.89 bits per heavy atom. The van der Waals surface area contributed by atoms with Crippen molar-refractivity contribution in [1.82, 2.24) is 5.32 Å². The summed E-state index contributed by atoms with van der Waals surface area (Å²) in [7, 11) is 0. The van der Waals surface area contributed by atoms with Crippen LogP contribution in [0, 0.1) is 0 Å². The second kappa shape index (κ2) is 7.40. The molecular weight excluding hydrogens is 258 g/mol. The number of nitrogens with zero attached hydrogens (tertiary/aromatic N) is 1. The Balaban J connectivity index is 1.91. The molecule has 0 radical (unpaired) electrons. The van der Waals surface area contributed by atoms with Gasteiger partial charge in [0.15, 0.2) is 0 Å². The molecule has 5 heteroatoms. The minimum Gasteiger partial charge on any atom is -0.409 e. The molecule has 2 atom stereocenters. The number of benzene rings is 1. The van der Waals surface area contributed by atoms with E-state index in [1.54, 1.807) is 0 Å². The fourth-order valence-electron chi connectivity index (χ4n) is 2.34. The van der Waals surface area contributed by atoms with E-state index in [-0.39, 0.29) is 11.8 Å². The van der Waals surface area contributed by atoms with Crippen LogP contribution in [0.15, 0.2) is 35.5 Å². The first-order valence-electron chi connectivity index (χ1n) is 6.66. The molecule has 1 heterocycles. The van der Waals surface area contributed by atoms with Gasteiger partial charge in [0, 0.05) is 18.3 Å². The smallest absolute Gasteiger partial charge is 0.147 e. The Labute approximate surface area is 118 Å². The van der Waals surface area contributed by atoms with Crippen LogP contribution in [0.2, 0.25) is 0 Å². The fraction of sp³-hybridized carbons (Fsp3) is 0.500. The zero-order valence-corrected chi connectivity index (χ0v) is 11.8. The van der Waals surface area contributed by atoms with Gasteiger partial charge in [-0.15, -0.1) is 0 Å². The van der Waals surface area contributed by atoms with Gasteiger partial charge < -0.3 is 16.3 Å². The van der Waals surface area contributed by atoms with Crippen molar-refractivity contribution >= 4 is 17.6 Å². The molecule has 0 amide bonds. The molecule has 4 N–H and O–H groups in total. The van der Waals surface area contributed by atoms with E-state index in [4.69, 9.17) is 10.9 Å². The first kappa shape index (κ1) is 14.2. The molecular formula is C14H21N3OS. The Hall–Kier alpha value is -1.20. The average molecular weight is 279 g/mol. The predicted molar refractivity (Wildman–Crippen MR) is 80.9 cm³/mol. The van der Waals surface area contributed by atoms with Gasteiger partial charge in [0.1, 0.15) is 5.84 Å². The van der Waals surface area contributed by atoms with E-state index in [0.29, 0.717) is 11.8 Å². The highest BCUT2D eigenvalue weighted by atomic mass is 32.2. The van der Waals surface area contributed by atoms with E-state index in [2.05, 4.69) is 10.5 Å². The largest absolute Gasteiger partial charge is 0.409 e. The predicted octanol–water partition coefficient (Wildman–Crippen LogP) is 2.00. The lowest BCUT2D eigenvalue weighted by Crippen LogP contribution is -2.34. The van der Waals surface area contributed by atoms with Gasteiger partial charge in [-0.05, 0) is 24.2 Å². The van der Waals surface area contributed by atoms with E-state index >= 15 is 0 Å². The summed E-state index contributed by atoms with van der Waals surface area (Å²) in [6.45, 7) is 1.70. The number of hydrogen-bond acceptors (Lipinski definition) is 4. The van der Waals surface area contributed by atoms with Crippen molar-refractivity contribution in [1.29, 1.82) is 0 Å². The summed E-state index contributed by atoms with van der Waals surface area (Å²) in [4.78, 5) is 0. The molecule has 2 rings (SSSR count). The molecule has 2 unspecified atom stereocenters. The van der Waals surface area contributed by atoms with E-state index < -0.39 is 0 Å². The molecule has 0 spiro atoms. The van der Waals surface area contributed by atoms with Crippen molar-refractivity contribution in [2.24, 2.45) is 10.9 Å². The monoisotopic (exact) mass is 279 g/mol. The zero-order chi connectivity index (χ0) is 13.5. The SMILES string of the molecule is N/C(=N/O)C(CNCC1CCCS1)c1ccccc1. The van der Waals surface area contributed by atoms with Crippen LogP contribution in [0.3, 0.4) is 0 Å². The lowest BCUT2D eigenvalue weighted by Gasteiger charge is -2.18. The van der Waals surface area contributed by atoms with Crippen molar-refractivity contribution in [3.63, 3.8) is 0 Å². The molecule has 1 aliphatic heterocycles. The van der Waals surface area contributed by atoms with E-state index in [9.17, 15) is 0 Å². The number of nitrogens with two attached hydrogens (primary N) is 1. The van der Waals surface area contributed by atoms with Gasteiger partial charge in [-0.25, -0.2) is 0 Å². The molecule has 0 bridgehead atoms. The topological polar surface area (TPSA) is 70.6 Å². The number of thioether (sulfide) groups is 1. The van der Waals surface area contributed by atoms with Gasteiger partial charge in [-0.2, -0.15) is 11.8 Å². The van der Waals surface area contributed by atoms with Crippen molar-refractivity contribution in [3.8, 4) is 0 Å². The Kier molecular flexibility index (Phi) is 5.54. The number of oxime groups is 1. The van der Waals surface area contributed by atoms with Crippen LogP contribution in [-0.2, 0) is 0 Å². The molecule has 19 heavy (non-hydrogen) atoms. The molecule has 1 saturated heterocycles. The fourth-order valence-corrected chi connectivity index (χ4v) is 3.58. The summed E-state index contributed by atoms with van der Waals surface area (Å²) in [5.74, 6) is 1.46. The van der Waals surface area contributed by atoms with E-state index in [0.717, 1.165) is 12.1 Å². The molecule has 0 aromatic heterocycles. The van der Waals surface area contributed by atoms with Gasteiger partial charge in [0.2, 0.25) is 0 Å². The maximum absolute atomic E-state index is 8.91. The van der Waals surface area contributed by atoms with Gasteiger partial charge in [-0.3, -0.25) is 0 Å². The number of rotatable bonds is 6. The molecule has 1 fully saturated rings. The lowest BCUT2D eigenvalue weighted by molar-refractivity contribution is 0.315. The second-order valence-corrected chi connectivity index (χ2v) is 6.19. The highest BCUT2D eigenvalue weighted by Crippen LogP contribution is 2.25. The third kappa shape index (κ3) is 4.14. The Bertz CT molecular complexity index is 404. The summed E-state index contributed by atoms with van der Waals surface area (Å²) in [6.07, 6.45) is 2.61. The molecule has 1 aliphatic rings. The second-order valence-electron chi connectivity index (χ2n) is 4.78. The first-order valence-corrected chi connectivity index (χ1v) is 7.71. The summed E-state index contributed by atoms with van der Waals surface area (Å²) in [5, 5.41) is 16.2. The van der Waals surface area contributed by atoms with Crippen LogP contribution in [0.1, 0.15) is 24.3 Å². The van der Waals surface area contributed by atoms with Crippen LogP contribution in [-0.4, -0.2) is 35.1 Å². The van der Waals surface area contributed by atoms with Crippen molar-refractivity contribution in [2.45, 2.75) is 24.0 Å². The number of amidine groups is 1. The minimum atomic E-state index is -0.0717. The first-order chi connectivity index (χ1) is 9.31. The molecule has 1 aromatic rings. The lowest BCUT2D eigenvalue weighted by atomic mass is 9.98. The molecule has 4 nitrogen and oxygen atoms in total. The molecule has 1 aromatic carbocycles. The number of hydrogen-bond donors (Lipinski definition) is 3. The highest BCUT2D eigenvalue weighted by molar-refractivity contribution is 8.00. The molecule has 104 valence electrons. The van der Waals surface area contributed by atoms with Crippen LogP contribution in [0.4, 0.5) is 0 Å². The molecule has 0 saturated carbocycles.